The summed E-state index contributed by atoms with van der Waals surface area (Å²) in [5.74, 6) is 1.45. The summed E-state index contributed by atoms with van der Waals surface area (Å²) < 4.78 is 49.2. The van der Waals surface area contributed by atoms with Crippen molar-refractivity contribution in [2.45, 2.75) is 55.9 Å². The van der Waals surface area contributed by atoms with Gasteiger partial charge in [0.1, 0.15) is 5.75 Å². The number of piperazine rings is 1. The largest absolute Gasteiger partial charge is 0.497 e. The van der Waals surface area contributed by atoms with Gasteiger partial charge in [-0.2, -0.15) is 18.3 Å². The number of rotatable bonds is 11. The first kappa shape index (κ1) is 33.1. The second-order valence-corrected chi connectivity index (χ2v) is 13.6. The van der Waals surface area contributed by atoms with E-state index in [0.717, 1.165) is 94.3 Å². The van der Waals surface area contributed by atoms with E-state index < -0.39 is 17.8 Å². The summed E-state index contributed by atoms with van der Waals surface area (Å²) in [7, 11) is 1.66. The first-order valence-corrected chi connectivity index (χ1v) is 17.4. The van der Waals surface area contributed by atoms with Crippen LogP contribution in [-0.2, 0) is 25.7 Å². The lowest BCUT2D eigenvalue weighted by atomic mass is 10.0. The second-order valence-electron chi connectivity index (χ2n) is 12.5. The number of aliphatic hydroxyl groups is 1. The summed E-state index contributed by atoms with van der Waals surface area (Å²) in [6.07, 6.45) is -0.732. The number of halogens is 3. The highest BCUT2D eigenvalue weighted by Crippen LogP contribution is 2.40. The molecule has 250 valence electrons. The molecule has 2 saturated heterocycles. The Bertz CT molecular complexity index is 1440. The normalized spacial score (nSPS) is 18.8. The number of aromatic nitrogens is 2. The van der Waals surface area contributed by atoms with Gasteiger partial charge in [-0.25, -0.2) is 0 Å². The lowest BCUT2D eigenvalue weighted by molar-refractivity contribution is -0.139. The Balaban J connectivity index is 1.13. The van der Waals surface area contributed by atoms with Crippen LogP contribution >= 0.6 is 11.8 Å². The monoisotopic (exact) mass is 658 g/mol. The van der Waals surface area contributed by atoms with Crippen LogP contribution in [0, 0.1) is 0 Å². The van der Waals surface area contributed by atoms with Crippen LogP contribution in [0.2, 0.25) is 0 Å². The molecule has 0 aliphatic carbocycles. The van der Waals surface area contributed by atoms with Crippen molar-refractivity contribution in [3.63, 3.8) is 0 Å². The number of fused-ring (bicyclic) bond motifs is 1. The zero-order valence-corrected chi connectivity index (χ0v) is 27.4. The number of ether oxygens (including phenoxy) is 1. The highest BCUT2D eigenvalue weighted by Gasteiger charge is 2.34. The molecule has 2 N–H and O–H groups in total. The van der Waals surface area contributed by atoms with Crippen LogP contribution in [0.5, 0.6) is 5.75 Å². The number of anilines is 1. The summed E-state index contributed by atoms with van der Waals surface area (Å²) in [6, 6.07) is 12.5. The topological polar surface area (TPSA) is 69.0 Å². The Labute approximate surface area is 273 Å². The number of thioether (sulfide) groups is 1. The van der Waals surface area contributed by atoms with E-state index in [1.165, 1.54) is 24.2 Å². The molecule has 0 bridgehead atoms. The SMILES string of the molecule is COc1ccc(N2CCN(CC(O)Cn3nc(-c4ccc(C(F)(F)F)c(SCCN5CCCCC5)c4)c4c3CCNC4)CC2)cc1. The van der Waals surface area contributed by atoms with Crippen molar-refractivity contribution in [3.8, 4) is 17.0 Å². The van der Waals surface area contributed by atoms with Crippen molar-refractivity contribution >= 4 is 17.4 Å². The molecule has 0 radical (unpaired) electrons. The maximum Gasteiger partial charge on any atom is 0.417 e. The lowest BCUT2D eigenvalue weighted by Gasteiger charge is -2.37. The number of nitrogens with one attached hydrogen (secondary N) is 1. The summed E-state index contributed by atoms with van der Waals surface area (Å²) in [5, 5.41) is 19.5. The number of alkyl halides is 3. The molecule has 1 aromatic heterocycles. The summed E-state index contributed by atoms with van der Waals surface area (Å²) in [4.78, 5) is 7.23. The number of nitrogens with zero attached hydrogens (tertiary/aromatic N) is 5. The first-order valence-electron chi connectivity index (χ1n) is 16.4. The van der Waals surface area contributed by atoms with Crippen molar-refractivity contribution < 1.29 is 23.0 Å². The van der Waals surface area contributed by atoms with E-state index in [-0.39, 0.29) is 4.90 Å². The number of β-amino-alcohol motifs (C(OH)–C–C–N with tert-alkyl or cyclic N) is 1. The third kappa shape index (κ3) is 8.02. The predicted molar refractivity (Wildman–Crippen MR) is 177 cm³/mol. The molecule has 1 atom stereocenters. The molecule has 3 aromatic rings. The molecule has 0 amide bonds. The van der Waals surface area contributed by atoms with Crippen molar-refractivity contribution in [2.24, 2.45) is 0 Å². The standard InChI is InChI=1S/C34H45F3N6O2S/c1-45-28-8-6-26(7-9-28)42-17-15-41(16-18-42)23-27(44)24-43-31-11-12-38-22-29(31)33(39-43)25-5-10-30(34(35,36)37)32(21-25)46-20-19-40-13-3-2-4-14-40/h5-10,21,27,38,44H,2-4,11-20,22-24H2,1H3. The fourth-order valence-corrected chi connectivity index (χ4v) is 7.95. The Morgan fingerprint density at radius 1 is 0.957 bits per heavy atom. The van der Waals surface area contributed by atoms with Gasteiger partial charge in [0.25, 0.3) is 0 Å². The van der Waals surface area contributed by atoms with Gasteiger partial charge in [-0.3, -0.25) is 9.58 Å². The molecule has 1 unspecified atom stereocenters. The van der Waals surface area contributed by atoms with E-state index in [4.69, 9.17) is 9.84 Å². The molecule has 12 heteroatoms. The maximum absolute atomic E-state index is 14.0. The van der Waals surface area contributed by atoms with Gasteiger partial charge < -0.3 is 25.0 Å². The Kier molecular flexibility index (Phi) is 10.8. The number of methoxy groups -OCH3 is 1. The van der Waals surface area contributed by atoms with Crippen molar-refractivity contribution in [3.05, 3.63) is 59.3 Å². The minimum absolute atomic E-state index is 0.253. The average Bonchev–Trinajstić information content (AvgIpc) is 3.43. The fourth-order valence-electron chi connectivity index (χ4n) is 6.83. The van der Waals surface area contributed by atoms with Gasteiger partial charge >= 0.3 is 6.18 Å². The van der Waals surface area contributed by atoms with Gasteiger partial charge in [0.15, 0.2) is 0 Å². The van der Waals surface area contributed by atoms with E-state index in [9.17, 15) is 18.3 Å². The Morgan fingerprint density at radius 2 is 1.72 bits per heavy atom. The van der Waals surface area contributed by atoms with Gasteiger partial charge in [0.05, 0.1) is 31.0 Å². The summed E-state index contributed by atoms with van der Waals surface area (Å²) >= 11 is 1.28. The fraction of sp³-hybridized carbons (Fsp3) is 0.559. The van der Waals surface area contributed by atoms with E-state index in [1.807, 2.05) is 16.8 Å². The van der Waals surface area contributed by atoms with Crippen LogP contribution in [-0.4, -0.2) is 103 Å². The second kappa shape index (κ2) is 15.0. The van der Waals surface area contributed by atoms with Crippen LogP contribution < -0.4 is 15.0 Å². The molecule has 2 fully saturated rings. The molecule has 2 aromatic carbocycles. The highest BCUT2D eigenvalue weighted by atomic mass is 32.2. The van der Waals surface area contributed by atoms with Gasteiger partial charge in [-0.1, -0.05) is 12.5 Å². The molecule has 3 aliphatic heterocycles. The summed E-state index contributed by atoms with van der Waals surface area (Å²) in [6.45, 7) is 8.56. The third-order valence-electron chi connectivity index (χ3n) is 9.34. The van der Waals surface area contributed by atoms with Crippen LogP contribution in [0.1, 0.15) is 36.1 Å². The molecule has 6 rings (SSSR count). The zero-order chi connectivity index (χ0) is 32.1. The lowest BCUT2D eigenvalue weighted by Crippen LogP contribution is -2.49. The number of benzene rings is 2. The van der Waals surface area contributed by atoms with Crippen LogP contribution in [0.25, 0.3) is 11.3 Å². The van der Waals surface area contributed by atoms with Gasteiger partial charge in [0.2, 0.25) is 0 Å². The molecule has 3 aliphatic rings. The third-order valence-corrected chi connectivity index (χ3v) is 10.4. The molecule has 4 heterocycles. The van der Waals surface area contributed by atoms with E-state index in [2.05, 4.69) is 32.1 Å². The number of hydrogen-bond acceptors (Lipinski definition) is 8. The Morgan fingerprint density at radius 3 is 2.43 bits per heavy atom. The van der Waals surface area contributed by atoms with Gasteiger partial charge in [0, 0.05) is 91.9 Å². The van der Waals surface area contributed by atoms with Crippen molar-refractivity contribution in [2.75, 3.05) is 76.7 Å². The van der Waals surface area contributed by atoms with Crippen LogP contribution in [0.3, 0.4) is 0 Å². The quantitative estimate of drug-likeness (QED) is 0.280. The highest BCUT2D eigenvalue weighted by molar-refractivity contribution is 7.99. The molecule has 0 saturated carbocycles. The minimum atomic E-state index is -4.42. The number of aliphatic hydroxyl groups excluding tert-OH is 1. The molecule has 8 nitrogen and oxygen atoms in total. The molecular formula is C34H45F3N6O2S. The smallest absolute Gasteiger partial charge is 0.417 e. The summed E-state index contributed by atoms with van der Waals surface area (Å²) in [5.41, 5.74) is 4.03. The molecule has 46 heavy (non-hydrogen) atoms. The predicted octanol–water partition coefficient (Wildman–Crippen LogP) is 4.98. The van der Waals surface area contributed by atoms with Crippen molar-refractivity contribution in [1.82, 2.24) is 24.9 Å². The minimum Gasteiger partial charge on any atom is -0.497 e. The number of piperidine rings is 1. The Hall–Kier alpha value is -2.77. The molecular weight excluding hydrogens is 613 g/mol. The van der Waals surface area contributed by atoms with Gasteiger partial charge in [-0.15, -0.1) is 11.8 Å². The molecule has 0 spiro atoms. The number of hydrogen-bond donors (Lipinski definition) is 2. The van der Waals surface area contributed by atoms with Gasteiger partial charge in [-0.05, 0) is 62.3 Å². The first-order chi connectivity index (χ1) is 22.3. The van der Waals surface area contributed by atoms with Crippen LogP contribution in [0.15, 0.2) is 47.4 Å². The zero-order valence-electron chi connectivity index (χ0n) is 26.6. The van der Waals surface area contributed by atoms with E-state index in [1.54, 1.807) is 19.2 Å². The van der Waals surface area contributed by atoms with Crippen LogP contribution in [0.4, 0.5) is 18.9 Å². The maximum atomic E-state index is 14.0. The van der Waals surface area contributed by atoms with E-state index >= 15 is 0 Å². The van der Waals surface area contributed by atoms with E-state index in [0.29, 0.717) is 36.6 Å². The van der Waals surface area contributed by atoms with Crippen molar-refractivity contribution in [1.29, 1.82) is 0 Å². The average molecular weight is 659 g/mol. The number of likely N-dealkylation sites (tertiary alicyclic amines) is 1.